The first-order chi connectivity index (χ1) is 11.6. The minimum Gasteiger partial charge on any atom is -0.504 e. The Morgan fingerprint density at radius 2 is 2.04 bits per heavy atom. The number of hydrogen-bond acceptors (Lipinski definition) is 5. The molecule has 0 aliphatic heterocycles. The van der Waals surface area contributed by atoms with Crippen LogP contribution in [0.1, 0.15) is 18.1 Å². The van der Waals surface area contributed by atoms with Crippen molar-refractivity contribution >= 4 is 12.1 Å². The lowest BCUT2D eigenvalue weighted by atomic mass is 10.2. The summed E-state index contributed by atoms with van der Waals surface area (Å²) in [4.78, 5) is 11.7. The maximum absolute atomic E-state index is 11.7. The number of benzene rings is 2. The van der Waals surface area contributed by atoms with Gasteiger partial charge in [-0.05, 0) is 43.7 Å². The number of para-hydroxylation sites is 1. The predicted molar refractivity (Wildman–Crippen MR) is 91.7 cm³/mol. The molecule has 0 saturated heterocycles. The van der Waals surface area contributed by atoms with Crippen LogP contribution in [0.4, 0.5) is 0 Å². The van der Waals surface area contributed by atoms with Crippen LogP contribution in [0.15, 0.2) is 47.6 Å². The summed E-state index contributed by atoms with van der Waals surface area (Å²) in [6.07, 6.45) is 1.35. The molecule has 2 N–H and O–H groups in total. The van der Waals surface area contributed by atoms with E-state index in [1.165, 1.54) is 6.21 Å². The molecule has 0 aliphatic rings. The number of nitrogens with one attached hydrogen (secondary N) is 1. The molecule has 2 aromatic carbocycles. The summed E-state index contributed by atoms with van der Waals surface area (Å²) in [5.41, 5.74) is 3.84. The number of phenolic OH excluding ortho intramolecular Hbond substituents is 1. The van der Waals surface area contributed by atoms with Crippen molar-refractivity contribution in [2.45, 2.75) is 13.8 Å². The molecule has 0 saturated carbocycles. The molecule has 1 amide bonds. The van der Waals surface area contributed by atoms with Crippen molar-refractivity contribution in [3.05, 3.63) is 53.6 Å². The fourth-order valence-corrected chi connectivity index (χ4v) is 1.98. The van der Waals surface area contributed by atoms with E-state index < -0.39 is 5.91 Å². The van der Waals surface area contributed by atoms with Crippen molar-refractivity contribution < 1.29 is 19.4 Å². The Morgan fingerprint density at radius 1 is 1.25 bits per heavy atom. The van der Waals surface area contributed by atoms with Crippen molar-refractivity contribution in [1.29, 1.82) is 0 Å². The molecule has 24 heavy (non-hydrogen) atoms. The minimum atomic E-state index is -0.395. The second-order valence-electron chi connectivity index (χ2n) is 5.03. The molecule has 0 fully saturated rings. The van der Waals surface area contributed by atoms with Gasteiger partial charge in [-0.3, -0.25) is 4.79 Å². The van der Waals surface area contributed by atoms with Crippen molar-refractivity contribution in [2.75, 3.05) is 13.2 Å². The van der Waals surface area contributed by atoms with Crippen molar-refractivity contribution in [3.8, 4) is 17.2 Å². The fraction of sp³-hybridized carbons (Fsp3) is 0.222. The third-order valence-corrected chi connectivity index (χ3v) is 3.08. The summed E-state index contributed by atoms with van der Waals surface area (Å²) >= 11 is 0. The van der Waals surface area contributed by atoms with Crippen LogP contribution < -0.4 is 14.9 Å². The van der Waals surface area contributed by atoms with Crippen molar-refractivity contribution in [2.24, 2.45) is 5.10 Å². The van der Waals surface area contributed by atoms with Crippen LogP contribution in [0.5, 0.6) is 17.2 Å². The Morgan fingerprint density at radius 3 is 2.79 bits per heavy atom. The first-order valence-electron chi connectivity index (χ1n) is 7.56. The number of carbonyl (C=O) groups excluding carboxylic acids is 1. The van der Waals surface area contributed by atoms with Gasteiger partial charge >= 0.3 is 0 Å². The molecule has 0 spiro atoms. The molecule has 6 heteroatoms. The molecule has 126 valence electrons. The van der Waals surface area contributed by atoms with Gasteiger partial charge in [-0.25, -0.2) is 5.43 Å². The van der Waals surface area contributed by atoms with Crippen molar-refractivity contribution in [3.63, 3.8) is 0 Å². The van der Waals surface area contributed by atoms with Crippen LogP contribution in [-0.2, 0) is 4.79 Å². The van der Waals surface area contributed by atoms with E-state index in [4.69, 9.17) is 9.47 Å². The highest BCUT2D eigenvalue weighted by Gasteiger charge is 2.06. The van der Waals surface area contributed by atoms with Crippen LogP contribution in [-0.4, -0.2) is 30.4 Å². The Hall–Kier alpha value is -3.02. The monoisotopic (exact) mass is 328 g/mol. The SMILES string of the molecule is CCOc1cccc(/C=N/NC(=O)COc2cccc(C)c2)c1O. The molecule has 0 unspecified atom stereocenters. The Kier molecular flexibility index (Phi) is 6.19. The van der Waals surface area contributed by atoms with Crippen molar-refractivity contribution in [1.82, 2.24) is 5.43 Å². The van der Waals surface area contributed by atoms with Crippen LogP contribution in [0, 0.1) is 6.92 Å². The largest absolute Gasteiger partial charge is 0.504 e. The topological polar surface area (TPSA) is 80.2 Å². The highest BCUT2D eigenvalue weighted by molar-refractivity contribution is 5.86. The van der Waals surface area contributed by atoms with Crippen LogP contribution in [0.3, 0.4) is 0 Å². The van der Waals surface area contributed by atoms with Gasteiger partial charge in [0.25, 0.3) is 5.91 Å². The van der Waals surface area contributed by atoms with E-state index in [1.807, 2.05) is 32.0 Å². The van der Waals surface area contributed by atoms with Gasteiger partial charge in [-0.15, -0.1) is 0 Å². The van der Waals surface area contributed by atoms with Gasteiger partial charge in [0.15, 0.2) is 18.1 Å². The zero-order valence-corrected chi connectivity index (χ0v) is 13.7. The molecule has 6 nitrogen and oxygen atoms in total. The van der Waals surface area contributed by atoms with Gasteiger partial charge in [0, 0.05) is 5.56 Å². The van der Waals surface area contributed by atoms with Gasteiger partial charge in [-0.1, -0.05) is 18.2 Å². The van der Waals surface area contributed by atoms with Gasteiger partial charge in [0.1, 0.15) is 5.75 Å². The number of carbonyl (C=O) groups is 1. The van der Waals surface area contributed by atoms with Crippen LogP contribution in [0.25, 0.3) is 0 Å². The molecule has 2 aromatic rings. The van der Waals surface area contributed by atoms with Crippen LogP contribution >= 0.6 is 0 Å². The number of rotatable bonds is 7. The van der Waals surface area contributed by atoms with E-state index in [2.05, 4.69) is 10.5 Å². The van der Waals surface area contributed by atoms with Gasteiger partial charge in [0.2, 0.25) is 0 Å². The normalized spacial score (nSPS) is 10.6. The number of aryl methyl sites for hydroxylation is 1. The summed E-state index contributed by atoms with van der Waals surface area (Å²) in [6.45, 7) is 4.07. The van der Waals surface area contributed by atoms with Gasteiger partial charge in [0.05, 0.1) is 12.8 Å². The summed E-state index contributed by atoms with van der Waals surface area (Å²) in [7, 11) is 0. The molecule has 0 atom stereocenters. The highest BCUT2D eigenvalue weighted by atomic mass is 16.5. The lowest BCUT2D eigenvalue weighted by molar-refractivity contribution is -0.123. The highest BCUT2D eigenvalue weighted by Crippen LogP contribution is 2.28. The van der Waals surface area contributed by atoms with Gasteiger partial charge in [-0.2, -0.15) is 5.10 Å². The van der Waals surface area contributed by atoms with E-state index in [0.717, 1.165) is 5.56 Å². The molecule has 0 radical (unpaired) electrons. The Labute approximate surface area is 140 Å². The number of hydrazone groups is 1. The van der Waals surface area contributed by atoms with E-state index >= 15 is 0 Å². The first-order valence-corrected chi connectivity index (χ1v) is 7.56. The van der Waals surface area contributed by atoms with E-state index in [0.29, 0.717) is 23.7 Å². The number of ether oxygens (including phenoxy) is 2. The second-order valence-corrected chi connectivity index (χ2v) is 5.03. The third kappa shape index (κ3) is 5.01. The number of hydrogen-bond donors (Lipinski definition) is 2. The standard InChI is InChI=1S/C18H20N2O4/c1-3-23-16-9-5-7-14(18(16)22)11-19-20-17(21)12-24-15-8-4-6-13(2)10-15/h4-11,22H,3,12H2,1-2H3,(H,20,21)/b19-11+. The van der Waals surface area contributed by atoms with E-state index in [1.54, 1.807) is 24.3 Å². The maximum Gasteiger partial charge on any atom is 0.277 e. The number of amides is 1. The summed E-state index contributed by atoms with van der Waals surface area (Å²) in [5, 5.41) is 13.8. The molecule has 0 aliphatic carbocycles. The fourth-order valence-electron chi connectivity index (χ4n) is 1.98. The molecular weight excluding hydrogens is 308 g/mol. The molecular formula is C18H20N2O4. The zero-order valence-electron chi connectivity index (χ0n) is 13.7. The predicted octanol–water partition coefficient (Wildman–Crippen LogP) is 2.63. The van der Waals surface area contributed by atoms with Gasteiger partial charge < -0.3 is 14.6 Å². The average Bonchev–Trinajstić information content (AvgIpc) is 2.56. The lowest BCUT2D eigenvalue weighted by Gasteiger charge is -2.07. The summed E-state index contributed by atoms with van der Waals surface area (Å²) < 4.78 is 10.7. The second kappa shape index (κ2) is 8.57. The molecule has 0 bridgehead atoms. The zero-order chi connectivity index (χ0) is 17.4. The quantitative estimate of drug-likeness (QED) is 0.605. The number of nitrogens with zero attached hydrogens (tertiary/aromatic N) is 1. The Balaban J connectivity index is 1.87. The van der Waals surface area contributed by atoms with E-state index in [9.17, 15) is 9.90 Å². The molecule has 2 rings (SSSR count). The lowest BCUT2D eigenvalue weighted by Crippen LogP contribution is -2.24. The number of phenols is 1. The smallest absolute Gasteiger partial charge is 0.277 e. The molecule has 0 aromatic heterocycles. The third-order valence-electron chi connectivity index (χ3n) is 3.08. The molecule has 0 heterocycles. The Bertz CT molecular complexity index is 729. The first kappa shape index (κ1) is 17.3. The minimum absolute atomic E-state index is 0.0200. The number of aromatic hydroxyl groups is 1. The van der Waals surface area contributed by atoms with Crippen LogP contribution in [0.2, 0.25) is 0 Å². The summed E-state index contributed by atoms with van der Waals surface area (Å²) in [5.74, 6) is 0.577. The summed E-state index contributed by atoms with van der Waals surface area (Å²) in [6, 6.07) is 12.5. The van der Waals surface area contributed by atoms with E-state index in [-0.39, 0.29) is 12.4 Å². The maximum atomic E-state index is 11.7. The average molecular weight is 328 g/mol.